The molecular formula is C17H15Cl2NO3S. The number of thioether (sulfide) groups is 1. The van der Waals surface area contributed by atoms with Gasteiger partial charge < -0.3 is 14.8 Å². The number of amides is 1. The number of nitrogens with one attached hydrogen (secondary N) is 1. The van der Waals surface area contributed by atoms with Gasteiger partial charge >= 0.3 is 0 Å². The summed E-state index contributed by atoms with van der Waals surface area (Å²) < 4.78 is 11.0. The van der Waals surface area contributed by atoms with Gasteiger partial charge in [-0.15, -0.1) is 11.8 Å². The fourth-order valence-electron chi connectivity index (χ4n) is 2.19. The summed E-state index contributed by atoms with van der Waals surface area (Å²) in [5.74, 6) is 1.17. The Kier molecular flexibility index (Phi) is 5.43. The van der Waals surface area contributed by atoms with E-state index in [1.54, 1.807) is 43.3 Å². The van der Waals surface area contributed by atoms with Gasteiger partial charge in [0, 0.05) is 16.6 Å². The standard InChI is InChI=1S/C17H15Cl2NO3S/c1-10(24-16-12(18)3-2-4-13(16)19)17(21)20-11-5-6-14-15(9-11)23-8-7-22-14/h2-6,9-10H,7-8H2,1H3,(H,20,21)/t10-/m1/s1. The molecule has 0 unspecified atom stereocenters. The summed E-state index contributed by atoms with van der Waals surface area (Å²) in [7, 11) is 0. The van der Waals surface area contributed by atoms with Crippen LogP contribution in [0.25, 0.3) is 0 Å². The first-order chi connectivity index (χ1) is 11.5. The highest BCUT2D eigenvalue weighted by Crippen LogP contribution is 2.37. The molecule has 0 radical (unpaired) electrons. The van der Waals surface area contributed by atoms with Crippen LogP contribution in [0.1, 0.15) is 6.92 Å². The molecule has 2 aromatic carbocycles. The second-order valence-electron chi connectivity index (χ2n) is 5.16. The number of carbonyl (C=O) groups is 1. The molecule has 0 aliphatic carbocycles. The molecule has 3 rings (SSSR count). The number of ether oxygens (including phenoxy) is 2. The Labute approximate surface area is 154 Å². The van der Waals surface area contributed by atoms with Gasteiger partial charge in [0.05, 0.1) is 15.3 Å². The largest absolute Gasteiger partial charge is 0.486 e. The molecule has 0 aromatic heterocycles. The van der Waals surface area contributed by atoms with Crippen LogP contribution in [0.3, 0.4) is 0 Å². The summed E-state index contributed by atoms with van der Waals surface area (Å²) in [5.41, 5.74) is 0.655. The van der Waals surface area contributed by atoms with Crippen molar-refractivity contribution in [1.82, 2.24) is 0 Å². The quantitative estimate of drug-likeness (QED) is 0.763. The summed E-state index contributed by atoms with van der Waals surface area (Å²) in [4.78, 5) is 13.1. The highest BCUT2D eigenvalue weighted by molar-refractivity contribution is 8.00. The molecule has 0 fully saturated rings. The Morgan fingerprint density at radius 1 is 1.12 bits per heavy atom. The van der Waals surface area contributed by atoms with Crippen molar-refractivity contribution in [2.75, 3.05) is 18.5 Å². The minimum absolute atomic E-state index is 0.146. The third kappa shape index (κ3) is 3.91. The molecule has 1 N–H and O–H groups in total. The van der Waals surface area contributed by atoms with E-state index >= 15 is 0 Å². The number of carbonyl (C=O) groups excluding carboxylic acids is 1. The lowest BCUT2D eigenvalue weighted by atomic mass is 10.2. The van der Waals surface area contributed by atoms with Crippen LogP contribution >= 0.6 is 35.0 Å². The number of fused-ring (bicyclic) bond motifs is 1. The topological polar surface area (TPSA) is 47.6 Å². The van der Waals surface area contributed by atoms with E-state index < -0.39 is 0 Å². The average molecular weight is 384 g/mol. The molecule has 7 heteroatoms. The Morgan fingerprint density at radius 2 is 1.79 bits per heavy atom. The molecule has 126 valence electrons. The van der Waals surface area contributed by atoms with Crippen LogP contribution in [0, 0.1) is 0 Å². The minimum atomic E-state index is -0.365. The Bertz CT molecular complexity index is 749. The van der Waals surface area contributed by atoms with Crippen LogP contribution in [-0.4, -0.2) is 24.4 Å². The fraction of sp³-hybridized carbons (Fsp3) is 0.235. The highest BCUT2D eigenvalue weighted by atomic mass is 35.5. The van der Waals surface area contributed by atoms with Crippen molar-refractivity contribution in [2.24, 2.45) is 0 Å². The summed E-state index contributed by atoms with van der Waals surface area (Å²) in [6.07, 6.45) is 0. The molecule has 0 saturated heterocycles. The molecule has 1 amide bonds. The molecule has 0 saturated carbocycles. The van der Waals surface area contributed by atoms with E-state index in [9.17, 15) is 4.79 Å². The maximum atomic E-state index is 12.4. The van der Waals surface area contributed by atoms with Gasteiger partial charge in [0.15, 0.2) is 11.5 Å². The van der Waals surface area contributed by atoms with Crippen molar-refractivity contribution >= 4 is 46.6 Å². The van der Waals surface area contributed by atoms with E-state index in [-0.39, 0.29) is 11.2 Å². The number of hydrogen-bond acceptors (Lipinski definition) is 4. The van der Waals surface area contributed by atoms with Crippen LogP contribution < -0.4 is 14.8 Å². The van der Waals surface area contributed by atoms with E-state index in [1.807, 2.05) is 0 Å². The lowest BCUT2D eigenvalue weighted by molar-refractivity contribution is -0.115. The molecular weight excluding hydrogens is 369 g/mol. The van der Waals surface area contributed by atoms with E-state index in [0.29, 0.717) is 45.3 Å². The Hall–Kier alpha value is -1.56. The van der Waals surface area contributed by atoms with Crippen LogP contribution in [-0.2, 0) is 4.79 Å². The van der Waals surface area contributed by atoms with Crippen molar-refractivity contribution < 1.29 is 14.3 Å². The molecule has 24 heavy (non-hydrogen) atoms. The van der Waals surface area contributed by atoms with E-state index in [0.717, 1.165) is 0 Å². The molecule has 1 atom stereocenters. The van der Waals surface area contributed by atoms with E-state index in [1.165, 1.54) is 11.8 Å². The molecule has 2 aromatic rings. The highest BCUT2D eigenvalue weighted by Gasteiger charge is 2.19. The van der Waals surface area contributed by atoms with Gasteiger partial charge in [0.2, 0.25) is 5.91 Å². The van der Waals surface area contributed by atoms with Gasteiger partial charge in [-0.1, -0.05) is 29.3 Å². The molecule has 0 bridgehead atoms. The smallest absolute Gasteiger partial charge is 0.237 e. The van der Waals surface area contributed by atoms with E-state index in [4.69, 9.17) is 32.7 Å². The predicted molar refractivity (Wildman–Crippen MR) is 97.8 cm³/mol. The molecule has 1 heterocycles. The summed E-state index contributed by atoms with van der Waals surface area (Å²) in [5, 5.41) is 3.57. The Balaban J connectivity index is 1.68. The first kappa shape index (κ1) is 17.3. The number of anilines is 1. The summed E-state index contributed by atoms with van der Waals surface area (Å²) >= 11 is 13.6. The van der Waals surface area contributed by atoms with Gasteiger partial charge in [0.25, 0.3) is 0 Å². The van der Waals surface area contributed by atoms with Gasteiger partial charge in [-0.3, -0.25) is 4.79 Å². The first-order valence-corrected chi connectivity index (χ1v) is 8.99. The molecule has 1 aliphatic heterocycles. The molecule has 4 nitrogen and oxygen atoms in total. The SMILES string of the molecule is C[C@@H](Sc1c(Cl)cccc1Cl)C(=O)Nc1ccc2c(c1)OCCO2. The second-order valence-corrected chi connectivity index (χ2v) is 7.32. The normalized spacial score (nSPS) is 14.1. The maximum absolute atomic E-state index is 12.4. The van der Waals surface area contributed by atoms with Gasteiger partial charge in [-0.25, -0.2) is 0 Å². The van der Waals surface area contributed by atoms with Crippen LogP contribution in [0.5, 0.6) is 11.5 Å². The van der Waals surface area contributed by atoms with Crippen LogP contribution in [0.15, 0.2) is 41.3 Å². The monoisotopic (exact) mass is 383 g/mol. The third-order valence-electron chi connectivity index (χ3n) is 3.39. The van der Waals surface area contributed by atoms with Crippen molar-refractivity contribution in [3.63, 3.8) is 0 Å². The Morgan fingerprint density at radius 3 is 2.50 bits per heavy atom. The molecule has 0 spiro atoms. The third-order valence-corrected chi connectivity index (χ3v) is 5.49. The summed E-state index contributed by atoms with van der Waals surface area (Å²) in [6, 6.07) is 10.6. The summed E-state index contributed by atoms with van der Waals surface area (Å²) in [6.45, 7) is 2.84. The lowest BCUT2D eigenvalue weighted by Crippen LogP contribution is -2.22. The van der Waals surface area contributed by atoms with Crippen molar-refractivity contribution in [1.29, 1.82) is 0 Å². The zero-order chi connectivity index (χ0) is 17.1. The van der Waals surface area contributed by atoms with Gasteiger partial charge in [-0.05, 0) is 31.2 Å². The minimum Gasteiger partial charge on any atom is -0.486 e. The van der Waals surface area contributed by atoms with Gasteiger partial charge in [-0.2, -0.15) is 0 Å². The maximum Gasteiger partial charge on any atom is 0.237 e. The number of rotatable bonds is 4. The lowest BCUT2D eigenvalue weighted by Gasteiger charge is -2.19. The van der Waals surface area contributed by atoms with Crippen LogP contribution in [0.4, 0.5) is 5.69 Å². The van der Waals surface area contributed by atoms with Crippen molar-refractivity contribution in [2.45, 2.75) is 17.1 Å². The number of hydrogen-bond donors (Lipinski definition) is 1. The number of benzene rings is 2. The second kappa shape index (κ2) is 7.55. The fourth-order valence-corrected chi connectivity index (χ4v) is 3.74. The van der Waals surface area contributed by atoms with Crippen molar-refractivity contribution in [3.8, 4) is 11.5 Å². The van der Waals surface area contributed by atoms with Crippen LogP contribution in [0.2, 0.25) is 10.0 Å². The zero-order valence-corrected chi connectivity index (χ0v) is 15.2. The van der Waals surface area contributed by atoms with E-state index in [2.05, 4.69) is 5.32 Å². The number of halogens is 2. The first-order valence-electron chi connectivity index (χ1n) is 7.36. The average Bonchev–Trinajstić information content (AvgIpc) is 2.58. The molecule has 1 aliphatic rings. The predicted octanol–water partition coefficient (Wildman–Crippen LogP) is 4.88. The zero-order valence-electron chi connectivity index (χ0n) is 12.8. The van der Waals surface area contributed by atoms with Crippen molar-refractivity contribution in [3.05, 3.63) is 46.4 Å². The van der Waals surface area contributed by atoms with Gasteiger partial charge in [0.1, 0.15) is 13.2 Å².